The summed E-state index contributed by atoms with van der Waals surface area (Å²) in [6.07, 6.45) is 0.169. The molecule has 0 aliphatic carbocycles. The zero-order valence-corrected chi connectivity index (χ0v) is 14.0. The Bertz CT molecular complexity index is 928. The Morgan fingerprint density at radius 2 is 2.04 bits per heavy atom. The van der Waals surface area contributed by atoms with Gasteiger partial charge >= 0.3 is 0 Å². The largest absolute Gasteiger partial charge is 0.352 e. The molecule has 1 heterocycles. The van der Waals surface area contributed by atoms with Gasteiger partial charge in [0, 0.05) is 17.5 Å². The van der Waals surface area contributed by atoms with Gasteiger partial charge in [0.25, 0.3) is 0 Å². The third-order valence-electron chi connectivity index (χ3n) is 3.54. The van der Waals surface area contributed by atoms with E-state index in [1.54, 1.807) is 24.3 Å². The lowest BCUT2D eigenvalue weighted by Crippen LogP contribution is -2.24. The van der Waals surface area contributed by atoms with Crippen LogP contribution in [0.25, 0.3) is 10.6 Å². The van der Waals surface area contributed by atoms with Crippen molar-refractivity contribution in [1.29, 1.82) is 5.26 Å². The number of rotatable bonds is 5. The summed E-state index contributed by atoms with van der Waals surface area (Å²) < 4.78 is 13.3. The van der Waals surface area contributed by atoms with E-state index in [-0.39, 0.29) is 18.1 Å². The Labute approximate surface area is 148 Å². The van der Waals surface area contributed by atoms with Gasteiger partial charge in [-0.25, -0.2) is 9.37 Å². The number of benzene rings is 2. The van der Waals surface area contributed by atoms with E-state index in [1.807, 2.05) is 17.5 Å². The second-order valence-corrected chi connectivity index (χ2v) is 6.27. The number of nitriles is 1. The molecule has 0 saturated heterocycles. The van der Waals surface area contributed by atoms with E-state index in [9.17, 15) is 9.18 Å². The molecule has 0 atom stereocenters. The standard InChI is InChI=1S/C19H14FN3OS/c20-16-3-1-2-15(8-16)19-23-17(12-25-19)9-18(24)22-11-14-6-4-13(10-21)5-7-14/h1-8,12H,9,11H2,(H,22,24). The number of carbonyl (C=O) groups excluding carboxylic acids is 1. The lowest BCUT2D eigenvalue weighted by atomic mass is 10.1. The molecule has 124 valence electrons. The maximum Gasteiger partial charge on any atom is 0.226 e. The molecule has 25 heavy (non-hydrogen) atoms. The molecule has 0 radical (unpaired) electrons. The van der Waals surface area contributed by atoms with Crippen LogP contribution >= 0.6 is 11.3 Å². The minimum atomic E-state index is -0.311. The normalized spacial score (nSPS) is 10.2. The molecule has 1 amide bonds. The maximum absolute atomic E-state index is 13.3. The van der Waals surface area contributed by atoms with Crippen LogP contribution in [-0.4, -0.2) is 10.9 Å². The second-order valence-electron chi connectivity index (χ2n) is 5.42. The molecule has 0 aliphatic heterocycles. The van der Waals surface area contributed by atoms with Gasteiger partial charge in [0.2, 0.25) is 5.91 Å². The fraction of sp³-hybridized carbons (Fsp3) is 0.105. The summed E-state index contributed by atoms with van der Waals surface area (Å²) in [5.41, 5.74) is 2.87. The second kappa shape index (κ2) is 7.69. The highest BCUT2D eigenvalue weighted by atomic mass is 32.1. The zero-order chi connectivity index (χ0) is 17.6. The molecule has 0 fully saturated rings. The molecular weight excluding hydrogens is 337 g/mol. The molecule has 0 spiro atoms. The SMILES string of the molecule is N#Cc1ccc(CNC(=O)Cc2csc(-c3cccc(F)c3)n2)cc1. The van der Waals surface area contributed by atoms with Crippen molar-refractivity contribution in [2.75, 3.05) is 0 Å². The molecule has 0 saturated carbocycles. The molecule has 4 nitrogen and oxygen atoms in total. The van der Waals surface area contributed by atoms with Gasteiger partial charge in [-0.15, -0.1) is 11.3 Å². The fourth-order valence-corrected chi connectivity index (χ4v) is 3.08. The molecular formula is C19H14FN3OS. The van der Waals surface area contributed by atoms with Crippen molar-refractivity contribution in [2.45, 2.75) is 13.0 Å². The number of hydrogen-bond donors (Lipinski definition) is 1. The molecule has 2 aromatic carbocycles. The average molecular weight is 351 g/mol. The smallest absolute Gasteiger partial charge is 0.226 e. The van der Waals surface area contributed by atoms with Crippen molar-refractivity contribution in [1.82, 2.24) is 10.3 Å². The number of nitrogens with one attached hydrogen (secondary N) is 1. The summed E-state index contributed by atoms with van der Waals surface area (Å²) in [5, 5.41) is 14.1. The molecule has 3 aromatic rings. The van der Waals surface area contributed by atoms with E-state index in [0.29, 0.717) is 28.4 Å². The number of amides is 1. The third kappa shape index (κ3) is 4.49. The molecule has 6 heteroatoms. The van der Waals surface area contributed by atoms with Crippen LogP contribution in [0.15, 0.2) is 53.9 Å². The van der Waals surface area contributed by atoms with Crippen molar-refractivity contribution in [2.24, 2.45) is 0 Å². The summed E-state index contributed by atoms with van der Waals surface area (Å²) in [6.45, 7) is 0.394. The van der Waals surface area contributed by atoms with Crippen LogP contribution in [0.3, 0.4) is 0 Å². The first-order chi connectivity index (χ1) is 12.1. The molecule has 0 aliphatic rings. The zero-order valence-electron chi connectivity index (χ0n) is 13.2. The Kier molecular flexibility index (Phi) is 5.17. The lowest BCUT2D eigenvalue weighted by molar-refractivity contribution is -0.120. The first-order valence-electron chi connectivity index (χ1n) is 7.60. The van der Waals surface area contributed by atoms with Crippen LogP contribution in [0.1, 0.15) is 16.8 Å². The van der Waals surface area contributed by atoms with Crippen molar-refractivity contribution >= 4 is 17.2 Å². The number of nitrogens with zero attached hydrogens (tertiary/aromatic N) is 2. The predicted molar refractivity (Wildman–Crippen MR) is 94.2 cm³/mol. The van der Waals surface area contributed by atoms with Crippen molar-refractivity contribution in [3.8, 4) is 16.6 Å². The summed E-state index contributed by atoms with van der Waals surface area (Å²) in [5.74, 6) is -0.449. The van der Waals surface area contributed by atoms with E-state index < -0.39 is 0 Å². The summed E-state index contributed by atoms with van der Waals surface area (Å²) in [7, 11) is 0. The highest BCUT2D eigenvalue weighted by Gasteiger charge is 2.09. The number of aromatic nitrogens is 1. The van der Waals surface area contributed by atoms with E-state index in [1.165, 1.54) is 23.5 Å². The first kappa shape index (κ1) is 16.8. The number of thiazole rings is 1. The molecule has 1 aromatic heterocycles. The molecule has 3 rings (SSSR count). The van der Waals surface area contributed by atoms with Gasteiger partial charge in [0.1, 0.15) is 10.8 Å². The van der Waals surface area contributed by atoms with Crippen LogP contribution in [0.5, 0.6) is 0 Å². The van der Waals surface area contributed by atoms with Crippen molar-refractivity contribution in [3.63, 3.8) is 0 Å². The summed E-state index contributed by atoms with van der Waals surface area (Å²) in [4.78, 5) is 16.4. The van der Waals surface area contributed by atoms with E-state index in [0.717, 1.165) is 5.56 Å². The summed E-state index contributed by atoms with van der Waals surface area (Å²) in [6, 6.07) is 15.3. The van der Waals surface area contributed by atoms with Crippen LogP contribution < -0.4 is 5.32 Å². The highest BCUT2D eigenvalue weighted by molar-refractivity contribution is 7.13. The van der Waals surface area contributed by atoms with Gasteiger partial charge in [-0.1, -0.05) is 24.3 Å². The number of hydrogen-bond acceptors (Lipinski definition) is 4. The number of carbonyl (C=O) groups is 1. The lowest BCUT2D eigenvalue weighted by Gasteiger charge is -2.04. The van der Waals surface area contributed by atoms with Crippen LogP contribution in [-0.2, 0) is 17.8 Å². The van der Waals surface area contributed by atoms with E-state index in [2.05, 4.69) is 16.4 Å². The highest BCUT2D eigenvalue weighted by Crippen LogP contribution is 2.24. The number of halogens is 1. The van der Waals surface area contributed by atoms with E-state index in [4.69, 9.17) is 5.26 Å². The molecule has 1 N–H and O–H groups in total. The van der Waals surface area contributed by atoms with Gasteiger partial charge < -0.3 is 5.32 Å². The fourth-order valence-electron chi connectivity index (χ4n) is 2.27. The van der Waals surface area contributed by atoms with Gasteiger partial charge in [-0.05, 0) is 29.8 Å². The Balaban J connectivity index is 1.57. The van der Waals surface area contributed by atoms with Gasteiger partial charge in [0.05, 0.1) is 23.7 Å². The average Bonchev–Trinajstić information content (AvgIpc) is 3.09. The molecule has 0 unspecified atom stereocenters. The minimum Gasteiger partial charge on any atom is -0.352 e. The predicted octanol–water partition coefficient (Wildman–Crippen LogP) is 3.68. The Morgan fingerprint density at radius 3 is 2.76 bits per heavy atom. The van der Waals surface area contributed by atoms with Gasteiger partial charge in [-0.3, -0.25) is 4.79 Å². The Morgan fingerprint density at radius 1 is 1.24 bits per heavy atom. The van der Waals surface area contributed by atoms with Crippen LogP contribution in [0, 0.1) is 17.1 Å². The first-order valence-corrected chi connectivity index (χ1v) is 8.48. The monoisotopic (exact) mass is 351 g/mol. The maximum atomic E-state index is 13.3. The quantitative estimate of drug-likeness (QED) is 0.762. The summed E-state index contributed by atoms with van der Waals surface area (Å²) >= 11 is 1.38. The van der Waals surface area contributed by atoms with E-state index >= 15 is 0 Å². The topological polar surface area (TPSA) is 65.8 Å². The van der Waals surface area contributed by atoms with Gasteiger partial charge in [0.15, 0.2) is 0 Å². The van der Waals surface area contributed by atoms with Crippen molar-refractivity contribution < 1.29 is 9.18 Å². The van der Waals surface area contributed by atoms with Crippen LogP contribution in [0.2, 0.25) is 0 Å². The third-order valence-corrected chi connectivity index (χ3v) is 4.48. The van der Waals surface area contributed by atoms with Gasteiger partial charge in [-0.2, -0.15) is 5.26 Å². The van der Waals surface area contributed by atoms with Crippen LogP contribution in [0.4, 0.5) is 4.39 Å². The Hall–Kier alpha value is -3.04. The molecule has 0 bridgehead atoms. The minimum absolute atomic E-state index is 0.138. The van der Waals surface area contributed by atoms with Crippen molar-refractivity contribution in [3.05, 3.63) is 76.5 Å².